The molecule has 1 saturated heterocycles. The molecular weight excluding hydrogens is 282 g/mol. The third-order valence-electron chi connectivity index (χ3n) is 2.42. The number of nitrogens with one attached hydrogen (secondary N) is 1. The van der Waals surface area contributed by atoms with Crippen molar-refractivity contribution in [1.82, 2.24) is 5.32 Å². The molecule has 0 spiro atoms. The van der Waals surface area contributed by atoms with E-state index in [1.807, 2.05) is 0 Å². The van der Waals surface area contributed by atoms with Crippen molar-refractivity contribution in [2.75, 3.05) is 0 Å². The lowest BCUT2D eigenvalue weighted by atomic mass is 10.2. The molecule has 0 unspecified atom stereocenters. The second kappa shape index (κ2) is 6.20. The van der Waals surface area contributed by atoms with Gasteiger partial charge in [0.1, 0.15) is 11.0 Å². The normalized spacial score (nSPS) is 20.5. The maximum absolute atomic E-state index is 11.4. The van der Waals surface area contributed by atoms with E-state index in [0.717, 1.165) is 11.8 Å². The van der Waals surface area contributed by atoms with Gasteiger partial charge in [0.05, 0.1) is 12.6 Å². The molecule has 1 amide bonds. The summed E-state index contributed by atoms with van der Waals surface area (Å²) in [6.45, 7) is 0. The summed E-state index contributed by atoms with van der Waals surface area (Å²) in [7, 11) is 0. The number of rotatable bonds is 4. The average molecular weight is 293 g/mol. The first-order valence-corrected chi connectivity index (χ1v) is 6.52. The van der Waals surface area contributed by atoms with Crippen LogP contribution in [0.5, 0.6) is 5.75 Å². The van der Waals surface area contributed by atoms with Crippen LogP contribution in [0, 0.1) is 0 Å². The fourth-order valence-corrected chi connectivity index (χ4v) is 2.40. The lowest BCUT2D eigenvalue weighted by Crippen LogP contribution is -2.26. The number of amides is 1. The Kier molecular flexibility index (Phi) is 4.36. The molecule has 7 nitrogen and oxygen atoms in total. The van der Waals surface area contributed by atoms with Crippen LogP contribution in [-0.2, 0) is 9.59 Å². The summed E-state index contributed by atoms with van der Waals surface area (Å²) in [6.07, 6.45) is 1.08. The predicted octanol–water partition coefficient (Wildman–Crippen LogP) is 0.788. The van der Waals surface area contributed by atoms with Gasteiger partial charge in [-0.25, -0.2) is 0 Å². The zero-order valence-electron chi connectivity index (χ0n) is 10.2. The number of nitrogens with zero attached hydrogens (tertiary/aromatic N) is 2. The molecule has 8 heteroatoms. The molecule has 0 saturated carbocycles. The van der Waals surface area contributed by atoms with E-state index in [0.29, 0.717) is 5.56 Å². The molecule has 0 aromatic heterocycles. The Morgan fingerprint density at radius 3 is 2.90 bits per heavy atom. The molecule has 2 rings (SSSR count). The molecule has 1 aliphatic rings. The van der Waals surface area contributed by atoms with Crippen LogP contribution in [-0.4, -0.2) is 38.7 Å². The summed E-state index contributed by atoms with van der Waals surface area (Å²) in [4.78, 5) is 22.0. The fourth-order valence-electron chi connectivity index (χ4n) is 1.49. The van der Waals surface area contributed by atoms with E-state index in [2.05, 4.69) is 15.5 Å². The second-order valence-corrected chi connectivity index (χ2v) is 5.09. The van der Waals surface area contributed by atoms with E-state index < -0.39 is 17.1 Å². The Morgan fingerprint density at radius 2 is 2.20 bits per heavy atom. The highest BCUT2D eigenvalue weighted by molar-refractivity contribution is 8.15. The third-order valence-corrected chi connectivity index (χ3v) is 3.49. The number of carbonyl (C=O) groups is 2. The number of hydrogen-bond donors (Lipinski definition) is 3. The van der Waals surface area contributed by atoms with Crippen LogP contribution in [0.4, 0.5) is 0 Å². The minimum absolute atomic E-state index is 0.0725. The Morgan fingerprint density at radius 1 is 1.45 bits per heavy atom. The Hall–Kier alpha value is -2.35. The summed E-state index contributed by atoms with van der Waals surface area (Å²) in [5, 5.41) is 27.7. The summed E-state index contributed by atoms with van der Waals surface area (Å²) in [6, 6.07) is 6.60. The molecule has 0 radical (unpaired) electrons. The van der Waals surface area contributed by atoms with Crippen molar-refractivity contribution in [3.63, 3.8) is 0 Å². The standard InChI is InChI=1S/C12H11N3O4S/c16-8-4-2-1-3-7(8)6-13-15-12-14-11(19)9(20-12)5-10(17)18/h1-4,6,9,16H,5H2,(H,17,18)(H,14,15,19)/b13-6+/t9-/m1/s1. The molecule has 1 aromatic carbocycles. The van der Waals surface area contributed by atoms with Gasteiger partial charge in [0, 0.05) is 5.56 Å². The highest BCUT2D eigenvalue weighted by Crippen LogP contribution is 2.22. The van der Waals surface area contributed by atoms with Crippen LogP contribution in [0.1, 0.15) is 12.0 Å². The van der Waals surface area contributed by atoms with Gasteiger partial charge in [-0.15, -0.1) is 5.10 Å². The van der Waals surface area contributed by atoms with Crippen LogP contribution < -0.4 is 5.32 Å². The van der Waals surface area contributed by atoms with Gasteiger partial charge in [-0.2, -0.15) is 5.10 Å². The van der Waals surface area contributed by atoms with Gasteiger partial charge >= 0.3 is 5.97 Å². The lowest BCUT2D eigenvalue weighted by molar-refractivity contribution is -0.138. The van der Waals surface area contributed by atoms with E-state index in [1.54, 1.807) is 18.2 Å². The van der Waals surface area contributed by atoms with Crippen molar-refractivity contribution in [2.45, 2.75) is 11.7 Å². The number of carboxylic acid groups (broad SMARTS) is 1. The number of amidine groups is 1. The predicted molar refractivity (Wildman–Crippen MR) is 74.9 cm³/mol. The number of aliphatic carboxylic acids is 1. The number of hydrogen-bond acceptors (Lipinski definition) is 6. The summed E-state index contributed by atoms with van der Waals surface area (Å²) in [5.74, 6) is -1.37. The SMILES string of the molecule is O=C(O)C[C@H]1S/C(=N\N=C\c2ccccc2O)NC1=O. The average Bonchev–Trinajstić information content (AvgIpc) is 2.72. The van der Waals surface area contributed by atoms with Gasteiger partial charge in [-0.3, -0.25) is 9.59 Å². The van der Waals surface area contributed by atoms with Gasteiger partial charge in [0.25, 0.3) is 0 Å². The van der Waals surface area contributed by atoms with E-state index in [9.17, 15) is 14.7 Å². The maximum Gasteiger partial charge on any atom is 0.305 e. The molecule has 1 atom stereocenters. The molecule has 1 heterocycles. The maximum atomic E-state index is 11.4. The van der Waals surface area contributed by atoms with Crippen molar-refractivity contribution in [2.24, 2.45) is 10.2 Å². The fraction of sp³-hybridized carbons (Fsp3) is 0.167. The summed E-state index contributed by atoms with van der Waals surface area (Å²) < 4.78 is 0. The van der Waals surface area contributed by atoms with Crippen molar-refractivity contribution >= 4 is 35.0 Å². The first kappa shape index (κ1) is 14.1. The van der Waals surface area contributed by atoms with Gasteiger partial charge in [0.2, 0.25) is 5.91 Å². The Labute approximate surface area is 118 Å². The number of thioether (sulfide) groups is 1. The van der Waals surface area contributed by atoms with E-state index in [1.165, 1.54) is 12.3 Å². The zero-order valence-corrected chi connectivity index (χ0v) is 11.0. The highest BCUT2D eigenvalue weighted by Gasteiger charge is 2.32. The van der Waals surface area contributed by atoms with Gasteiger partial charge in [-0.05, 0) is 12.1 Å². The molecule has 104 valence electrons. The van der Waals surface area contributed by atoms with E-state index in [4.69, 9.17) is 5.11 Å². The molecular formula is C12H11N3O4S. The molecule has 20 heavy (non-hydrogen) atoms. The highest BCUT2D eigenvalue weighted by atomic mass is 32.2. The van der Waals surface area contributed by atoms with Crippen LogP contribution in [0.15, 0.2) is 34.5 Å². The molecule has 0 bridgehead atoms. The quantitative estimate of drug-likeness (QED) is 0.561. The monoisotopic (exact) mass is 293 g/mol. The first-order chi connectivity index (χ1) is 9.56. The Balaban J connectivity index is 2.01. The number of carbonyl (C=O) groups excluding carboxylic acids is 1. The minimum atomic E-state index is -1.04. The summed E-state index contributed by atoms with van der Waals surface area (Å²) in [5.41, 5.74) is 0.494. The number of phenols is 1. The largest absolute Gasteiger partial charge is 0.507 e. The van der Waals surface area contributed by atoms with Crippen LogP contribution in [0.25, 0.3) is 0 Å². The van der Waals surface area contributed by atoms with Crippen LogP contribution >= 0.6 is 11.8 Å². The van der Waals surface area contributed by atoms with Crippen LogP contribution in [0.3, 0.4) is 0 Å². The van der Waals surface area contributed by atoms with Gasteiger partial charge in [-0.1, -0.05) is 23.9 Å². The van der Waals surface area contributed by atoms with Crippen molar-refractivity contribution in [3.05, 3.63) is 29.8 Å². The minimum Gasteiger partial charge on any atom is -0.507 e. The molecule has 1 fully saturated rings. The second-order valence-electron chi connectivity index (χ2n) is 3.90. The Bertz CT molecular complexity index is 600. The number of benzene rings is 1. The lowest BCUT2D eigenvalue weighted by Gasteiger charge is -1.97. The smallest absolute Gasteiger partial charge is 0.305 e. The molecule has 1 aliphatic heterocycles. The molecule has 1 aromatic rings. The van der Waals surface area contributed by atoms with Gasteiger partial charge < -0.3 is 15.5 Å². The third kappa shape index (κ3) is 3.58. The van der Waals surface area contributed by atoms with E-state index >= 15 is 0 Å². The zero-order chi connectivity index (χ0) is 14.5. The molecule has 3 N–H and O–H groups in total. The number of aromatic hydroxyl groups is 1. The van der Waals surface area contributed by atoms with E-state index in [-0.39, 0.29) is 17.3 Å². The topological polar surface area (TPSA) is 111 Å². The number of carboxylic acids is 1. The first-order valence-electron chi connectivity index (χ1n) is 5.64. The summed E-state index contributed by atoms with van der Waals surface area (Å²) >= 11 is 1.02. The number of para-hydroxylation sites is 1. The van der Waals surface area contributed by atoms with Crippen molar-refractivity contribution < 1.29 is 19.8 Å². The van der Waals surface area contributed by atoms with Crippen molar-refractivity contribution in [1.29, 1.82) is 0 Å². The van der Waals surface area contributed by atoms with Crippen molar-refractivity contribution in [3.8, 4) is 5.75 Å². The molecule has 0 aliphatic carbocycles. The van der Waals surface area contributed by atoms with Gasteiger partial charge in [0.15, 0.2) is 5.17 Å². The number of phenolic OH excluding ortho intramolecular Hbond substituents is 1. The van der Waals surface area contributed by atoms with Crippen LogP contribution in [0.2, 0.25) is 0 Å².